The first-order valence-electron chi connectivity index (χ1n) is 7.38. The molecule has 0 amide bonds. The molecule has 2 aliphatic rings. The highest BCUT2D eigenvalue weighted by atomic mass is 35.5. The maximum atomic E-state index is 6.05. The van der Waals surface area contributed by atoms with Crippen LogP contribution in [-0.2, 0) is 0 Å². The summed E-state index contributed by atoms with van der Waals surface area (Å²) in [5.41, 5.74) is 1.41. The van der Waals surface area contributed by atoms with Gasteiger partial charge in [0.25, 0.3) is 0 Å². The van der Waals surface area contributed by atoms with Crippen LogP contribution in [0.2, 0.25) is 5.02 Å². The summed E-state index contributed by atoms with van der Waals surface area (Å²) in [5.74, 6) is 1.57. The number of rotatable bonds is 4. The SMILES string of the molecule is CN1CCC(CNC2CC(c3cccc(Cl)c3)C2)C1. The number of hydrogen-bond acceptors (Lipinski definition) is 2. The van der Waals surface area contributed by atoms with E-state index in [9.17, 15) is 0 Å². The first-order valence-corrected chi connectivity index (χ1v) is 7.76. The summed E-state index contributed by atoms with van der Waals surface area (Å²) in [6.07, 6.45) is 3.89. The number of benzene rings is 1. The third-order valence-electron chi connectivity index (χ3n) is 4.64. The predicted octanol–water partition coefficient (Wildman–Crippen LogP) is 3.13. The first kappa shape index (κ1) is 13.4. The van der Waals surface area contributed by atoms with Crippen LogP contribution < -0.4 is 5.32 Å². The highest BCUT2D eigenvalue weighted by molar-refractivity contribution is 6.30. The van der Waals surface area contributed by atoms with E-state index in [0.717, 1.165) is 17.0 Å². The molecule has 2 fully saturated rings. The highest BCUT2D eigenvalue weighted by Gasteiger charge is 2.31. The zero-order chi connectivity index (χ0) is 13.2. The summed E-state index contributed by atoms with van der Waals surface area (Å²) in [6, 6.07) is 9.06. The van der Waals surface area contributed by atoms with Crippen LogP contribution in [0, 0.1) is 5.92 Å². The molecule has 1 aliphatic heterocycles. The minimum Gasteiger partial charge on any atom is -0.314 e. The van der Waals surface area contributed by atoms with Gasteiger partial charge in [-0.1, -0.05) is 23.7 Å². The number of hydrogen-bond donors (Lipinski definition) is 1. The van der Waals surface area contributed by atoms with Crippen molar-refractivity contribution in [3.8, 4) is 0 Å². The molecule has 19 heavy (non-hydrogen) atoms. The number of likely N-dealkylation sites (tertiary alicyclic amines) is 1. The van der Waals surface area contributed by atoms with Gasteiger partial charge in [-0.05, 0) is 68.9 Å². The Labute approximate surface area is 121 Å². The van der Waals surface area contributed by atoms with Gasteiger partial charge >= 0.3 is 0 Å². The second kappa shape index (κ2) is 5.82. The lowest BCUT2D eigenvalue weighted by Gasteiger charge is -2.37. The van der Waals surface area contributed by atoms with Gasteiger partial charge in [-0.3, -0.25) is 0 Å². The van der Waals surface area contributed by atoms with Crippen LogP contribution in [0.3, 0.4) is 0 Å². The van der Waals surface area contributed by atoms with Crippen LogP contribution in [-0.4, -0.2) is 37.6 Å². The average Bonchev–Trinajstić information content (AvgIpc) is 2.73. The van der Waals surface area contributed by atoms with Crippen molar-refractivity contribution in [1.29, 1.82) is 0 Å². The van der Waals surface area contributed by atoms with Gasteiger partial charge in [0.05, 0.1) is 0 Å². The van der Waals surface area contributed by atoms with Crippen molar-refractivity contribution in [1.82, 2.24) is 10.2 Å². The number of nitrogens with one attached hydrogen (secondary N) is 1. The smallest absolute Gasteiger partial charge is 0.0408 e. The van der Waals surface area contributed by atoms with E-state index >= 15 is 0 Å². The first-order chi connectivity index (χ1) is 9.20. The van der Waals surface area contributed by atoms with Gasteiger partial charge in [-0.2, -0.15) is 0 Å². The monoisotopic (exact) mass is 278 g/mol. The molecule has 1 saturated carbocycles. The molecule has 1 N–H and O–H groups in total. The molecule has 0 spiro atoms. The van der Waals surface area contributed by atoms with E-state index in [2.05, 4.69) is 35.5 Å². The molecule has 1 aliphatic carbocycles. The van der Waals surface area contributed by atoms with Crippen LogP contribution in [0.4, 0.5) is 0 Å². The third-order valence-corrected chi connectivity index (χ3v) is 4.88. The third kappa shape index (κ3) is 3.31. The van der Waals surface area contributed by atoms with E-state index in [1.165, 1.54) is 44.5 Å². The van der Waals surface area contributed by atoms with Gasteiger partial charge in [0, 0.05) is 17.6 Å². The summed E-state index contributed by atoms with van der Waals surface area (Å²) in [6.45, 7) is 3.72. The van der Waals surface area contributed by atoms with Crippen molar-refractivity contribution in [2.24, 2.45) is 5.92 Å². The van der Waals surface area contributed by atoms with E-state index in [0.29, 0.717) is 5.92 Å². The summed E-state index contributed by atoms with van der Waals surface area (Å²) >= 11 is 6.05. The predicted molar refractivity (Wildman–Crippen MR) is 80.8 cm³/mol. The Bertz CT molecular complexity index is 429. The zero-order valence-electron chi connectivity index (χ0n) is 11.6. The molecular formula is C16H23ClN2. The second-order valence-electron chi connectivity index (χ2n) is 6.25. The Hall–Kier alpha value is -0.570. The molecule has 0 aromatic heterocycles. The van der Waals surface area contributed by atoms with Gasteiger partial charge < -0.3 is 10.2 Å². The Morgan fingerprint density at radius 3 is 2.89 bits per heavy atom. The highest BCUT2D eigenvalue weighted by Crippen LogP contribution is 2.37. The van der Waals surface area contributed by atoms with E-state index in [1.54, 1.807) is 0 Å². The Morgan fingerprint density at radius 1 is 1.37 bits per heavy atom. The zero-order valence-corrected chi connectivity index (χ0v) is 12.4. The van der Waals surface area contributed by atoms with E-state index in [-0.39, 0.29) is 0 Å². The molecule has 1 atom stereocenters. The molecule has 1 heterocycles. The fourth-order valence-corrected chi connectivity index (χ4v) is 3.54. The lowest BCUT2D eigenvalue weighted by atomic mass is 9.76. The van der Waals surface area contributed by atoms with E-state index < -0.39 is 0 Å². The topological polar surface area (TPSA) is 15.3 Å². The lowest BCUT2D eigenvalue weighted by molar-refractivity contribution is 0.274. The second-order valence-corrected chi connectivity index (χ2v) is 6.68. The van der Waals surface area contributed by atoms with Crippen LogP contribution in [0.1, 0.15) is 30.7 Å². The van der Waals surface area contributed by atoms with Crippen molar-refractivity contribution in [3.63, 3.8) is 0 Å². The summed E-state index contributed by atoms with van der Waals surface area (Å²) in [7, 11) is 2.22. The van der Waals surface area contributed by atoms with Gasteiger partial charge in [0.2, 0.25) is 0 Å². The molecule has 1 aromatic rings. The molecule has 0 radical (unpaired) electrons. The van der Waals surface area contributed by atoms with Gasteiger partial charge in [0.1, 0.15) is 0 Å². The van der Waals surface area contributed by atoms with Crippen molar-refractivity contribution >= 4 is 11.6 Å². The quantitative estimate of drug-likeness (QED) is 0.910. The molecule has 1 saturated heterocycles. The summed E-state index contributed by atoms with van der Waals surface area (Å²) in [5, 5.41) is 4.60. The van der Waals surface area contributed by atoms with E-state index in [1.807, 2.05) is 6.07 Å². The van der Waals surface area contributed by atoms with Crippen molar-refractivity contribution in [2.45, 2.75) is 31.2 Å². The minimum atomic E-state index is 0.711. The Morgan fingerprint density at radius 2 is 2.21 bits per heavy atom. The summed E-state index contributed by atoms with van der Waals surface area (Å²) < 4.78 is 0. The fourth-order valence-electron chi connectivity index (χ4n) is 3.34. The van der Waals surface area contributed by atoms with Crippen LogP contribution >= 0.6 is 11.6 Å². The van der Waals surface area contributed by atoms with Gasteiger partial charge in [-0.25, -0.2) is 0 Å². The van der Waals surface area contributed by atoms with E-state index in [4.69, 9.17) is 11.6 Å². The van der Waals surface area contributed by atoms with Gasteiger partial charge in [0.15, 0.2) is 0 Å². The van der Waals surface area contributed by atoms with Crippen molar-refractivity contribution in [2.75, 3.05) is 26.7 Å². The molecule has 1 unspecified atom stereocenters. The van der Waals surface area contributed by atoms with Crippen molar-refractivity contribution < 1.29 is 0 Å². The molecule has 2 nitrogen and oxygen atoms in total. The molecule has 3 rings (SSSR count). The molecule has 1 aromatic carbocycles. The summed E-state index contributed by atoms with van der Waals surface area (Å²) in [4.78, 5) is 2.43. The van der Waals surface area contributed by atoms with Crippen LogP contribution in [0.15, 0.2) is 24.3 Å². The largest absolute Gasteiger partial charge is 0.314 e. The number of nitrogens with zero attached hydrogens (tertiary/aromatic N) is 1. The maximum Gasteiger partial charge on any atom is 0.0408 e. The molecule has 104 valence electrons. The Balaban J connectivity index is 1.41. The van der Waals surface area contributed by atoms with Crippen LogP contribution in [0.25, 0.3) is 0 Å². The molecule has 3 heteroatoms. The minimum absolute atomic E-state index is 0.711. The fraction of sp³-hybridized carbons (Fsp3) is 0.625. The standard InChI is InChI=1S/C16H23ClN2/c1-19-6-5-12(11-19)10-18-16-8-14(9-16)13-3-2-4-15(17)7-13/h2-4,7,12,14,16,18H,5-6,8-11H2,1H3. The normalized spacial score (nSPS) is 31.4. The van der Waals surface area contributed by atoms with Crippen LogP contribution in [0.5, 0.6) is 0 Å². The Kier molecular flexibility index (Phi) is 4.11. The molecule has 0 bridgehead atoms. The van der Waals surface area contributed by atoms with Gasteiger partial charge in [-0.15, -0.1) is 0 Å². The maximum absolute atomic E-state index is 6.05. The number of halogens is 1. The lowest BCUT2D eigenvalue weighted by Crippen LogP contribution is -2.42. The van der Waals surface area contributed by atoms with Crippen molar-refractivity contribution in [3.05, 3.63) is 34.9 Å². The average molecular weight is 279 g/mol. The molecular weight excluding hydrogens is 256 g/mol.